The molecule has 0 aliphatic rings. The molecule has 0 spiro atoms. The van der Waals surface area contributed by atoms with Crippen molar-refractivity contribution in [3.05, 3.63) is 61.8 Å². The van der Waals surface area contributed by atoms with Crippen molar-refractivity contribution in [2.45, 2.75) is 39.3 Å². The number of nitro benzene ring substituents is 1. The first-order valence-corrected chi connectivity index (χ1v) is 7.95. The van der Waals surface area contributed by atoms with Crippen LogP contribution < -0.4 is 5.32 Å². The second-order valence-electron chi connectivity index (χ2n) is 5.17. The Morgan fingerprint density at radius 3 is 2.71 bits per heavy atom. The summed E-state index contributed by atoms with van der Waals surface area (Å²) in [5.41, 5.74) is 1.83. The molecule has 0 bridgehead atoms. The Bertz CT molecular complexity index is 611. The molecule has 0 radical (unpaired) electrons. The zero-order valence-electron chi connectivity index (χ0n) is 12.5. The summed E-state index contributed by atoms with van der Waals surface area (Å²) < 4.78 is 0. The van der Waals surface area contributed by atoms with Crippen molar-refractivity contribution in [3.63, 3.8) is 0 Å². The summed E-state index contributed by atoms with van der Waals surface area (Å²) in [6.45, 7) is 5.95. The lowest BCUT2D eigenvalue weighted by molar-refractivity contribution is -0.385. The van der Waals surface area contributed by atoms with Gasteiger partial charge in [0.05, 0.1) is 4.92 Å². The van der Waals surface area contributed by atoms with Gasteiger partial charge in [0.25, 0.3) is 5.69 Å². The van der Waals surface area contributed by atoms with Crippen molar-refractivity contribution < 1.29 is 4.92 Å². The summed E-state index contributed by atoms with van der Waals surface area (Å²) in [4.78, 5) is 12.0. The fourth-order valence-corrected chi connectivity index (χ4v) is 3.25. The van der Waals surface area contributed by atoms with E-state index >= 15 is 0 Å². The lowest BCUT2D eigenvalue weighted by Crippen LogP contribution is -2.23. The van der Waals surface area contributed by atoms with Crippen LogP contribution in [0.15, 0.2) is 35.7 Å². The van der Waals surface area contributed by atoms with E-state index in [9.17, 15) is 10.1 Å². The van der Waals surface area contributed by atoms with Gasteiger partial charge in [0.15, 0.2) is 0 Å². The fourth-order valence-electron chi connectivity index (χ4n) is 2.38. The highest BCUT2D eigenvalue weighted by Crippen LogP contribution is 2.28. The number of nitrogens with one attached hydrogen (secondary N) is 1. The van der Waals surface area contributed by atoms with Gasteiger partial charge in [-0.3, -0.25) is 10.1 Å². The Labute approximate surface area is 129 Å². The second kappa shape index (κ2) is 6.83. The molecule has 2 unspecified atom stereocenters. The molecule has 112 valence electrons. The number of benzene rings is 1. The summed E-state index contributed by atoms with van der Waals surface area (Å²) in [5.74, 6) is 0. The summed E-state index contributed by atoms with van der Waals surface area (Å²) in [5, 5.41) is 16.7. The number of aryl methyl sites for hydroxylation is 1. The van der Waals surface area contributed by atoms with Gasteiger partial charge >= 0.3 is 0 Å². The van der Waals surface area contributed by atoms with Crippen LogP contribution in [-0.4, -0.2) is 4.92 Å². The van der Waals surface area contributed by atoms with Crippen LogP contribution in [0.3, 0.4) is 0 Å². The van der Waals surface area contributed by atoms with E-state index in [0.717, 1.165) is 12.0 Å². The van der Waals surface area contributed by atoms with Crippen molar-refractivity contribution in [2.75, 3.05) is 0 Å². The molecule has 0 saturated carbocycles. The lowest BCUT2D eigenvalue weighted by atomic mass is 10.0. The molecule has 21 heavy (non-hydrogen) atoms. The third-order valence-electron chi connectivity index (χ3n) is 3.68. The number of nitrogens with zero attached hydrogens (tertiary/aromatic N) is 1. The zero-order chi connectivity index (χ0) is 15.4. The molecule has 1 aromatic heterocycles. The van der Waals surface area contributed by atoms with E-state index in [4.69, 9.17) is 0 Å². The predicted octanol–water partition coefficient (Wildman–Crippen LogP) is 4.77. The van der Waals surface area contributed by atoms with E-state index < -0.39 is 0 Å². The highest BCUT2D eigenvalue weighted by molar-refractivity contribution is 7.10. The molecule has 0 aliphatic heterocycles. The van der Waals surface area contributed by atoms with Crippen molar-refractivity contribution in [1.29, 1.82) is 0 Å². The smallest absolute Gasteiger partial charge is 0.272 e. The molecule has 4 nitrogen and oxygen atoms in total. The van der Waals surface area contributed by atoms with Gasteiger partial charge in [-0.05, 0) is 37.3 Å². The van der Waals surface area contributed by atoms with Crippen LogP contribution in [0.25, 0.3) is 0 Å². The number of hydrogen-bond donors (Lipinski definition) is 1. The standard InChI is InChI=1S/C16H20N2O2S/c1-4-14(16-6-5-9-21-16)17-12(3)13-8-7-11(2)15(10-13)18(19)20/h5-10,12,14,17H,4H2,1-3H3. The maximum atomic E-state index is 11.0. The highest BCUT2D eigenvalue weighted by Gasteiger charge is 2.17. The van der Waals surface area contributed by atoms with E-state index in [1.165, 1.54) is 4.88 Å². The average molecular weight is 304 g/mol. The summed E-state index contributed by atoms with van der Waals surface area (Å²) in [6, 6.07) is 9.96. The van der Waals surface area contributed by atoms with Crippen molar-refractivity contribution >= 4 is 17.0 Å². The molecule has 0 aliphatic carbocycles. The monoisotopic (exact) mass is 304 g/mol. The summed E-state index contributed by atoms with van der Waals surface area (Å²) >= 11 is 1.73. The maximum absolute atomic E-state index is 11.0. The first kappa shape index (κ1) is 15.7. The molecule has 0 amide bonds. The lowest BCUT2D eigenvalue weighted by Gasteiger charge is -2.22. The SMILES string of the molecule is CCC(NC(C)c1ccc(C)c([N+](=O)[O-])c1)c1cccs1. The van der Waals surface area contributed by atoms with Crippen LogP contribution in [-0.2, 0) is 0 Å². The van der Waals surface area contributed by atoms with Gasteiger partial charge in [-0.2, -0.15) is 0 Å². The van der Waals surface area contributed by atoms with Crippen LogP contribution in [0.2, 0.25) is 0 Å². The second-order valence-corrected chi connectivity index (χ2v) is 6.15. The molecular formula is C16H20N2O2S. The number of rotatable bonds is 6. The first-order valence-electron chi connectivity index (χ1n) is 7.07. The molecule has 2 atom stereocenters. The Morgan fingerprint density at radius 2 is 2.14 bits per heavy atom. The first-order chi connectivity index (χ1) is 10.0. The summed E-state index contributed by atoms with van der Waals surface area (Å²) in [6.07, 6.45) is 0.985. The van der Waals surface area contributed by atoms with E-state index in [0.29, 0.717) is 5.56 Å². The molecule has 2 rings (SSSR count). The van der Waals surface area contributed by atoms with E-state index in [1.807, 2.05) is 25.1 Å². The fraction of sp³-hybridized carbons (Fsp3) is 0.375. The highest BCUT2D eigenvalue weighted by atomic mass is 32.1. The quantitative estimate of drug-likeness (QED) is 0.618. The van der Waals surface area contributed by atoms with Gasteiger partial charge in [-0.15, -0.1) is 11.3 Å². The molecule has 1 aromatic carbocycles. The zero-order valence-corrected chi connectivity index (χ0v) is 13.3. The topological polar surface area (TPSA) is 55.2 Å². The van der Waals surface area contributed by atoms with Crippen LogP contribution in [0.4, 0.5) is 5.69 Å². The number of hydrogen-bond acceptors (Lipinski definition) is 4. The molecule has 2 aromatic rings. The molecule has 1 heterocycles. The molecular weight excluding hydrogens is 284 g/mol. The normalized spacial score (nSPS) is 13.9. The van der Waals surface area contributed by atoms with Crippen LogP contribution >= 0.6 is 11.3 Å². The predicted molar refractivity (Wildman–Crippen MR) is 86.7 cm³/mol. The Hall–Kier alpha value is -1.72. The van der Waals surface area contributed by atoms with Gasteiger partial charge in [-0.1, -0.05) is 25.1 Å². The van der Waals surface area contributed by atoms with Gasteiger partial charge in [0.1, 0.15) is 0 Å². The van der Waals surface area contributed by atoms with Crippen LogP contribution in [0.5, 0.6) is 0 Å². The van der Waals surface area contributed by atoms with E-state index in [-0.39, 0.29) is 22.7 Å². The maximum Gasteiger partial charge on any atom is 0.272 e. The Morgan fingerprint density at radius 1 is 1.38 bits per heavy atom. The summed E-state index contributed by atoms with van der Waals surface area (Å²) in [7, 11) is 0. The van der Waals surface area contributed by atoms with E-state index in [1.54, 1.807) is 24.3 Å². The van der Waals surface area contributed by atoms with Crippen LogP contribution in [0.1, 0.15) is 48.4 Å². The minimum atomic E-state index is -0.317. The number of nitro groups is 1. The Balaban J connectivity index is 2.18. The third-order valence-corrected chi connectivity index (χ3v) is 4.66. The van der Waals surface area contributed by atoms with Gasteiger partial charge in [-0.25, -0.2) is 0 Å². The average Bonchev–Trinajstić information content (AvgIpc) is 2.98. The minimum absolute atomic E-state index is 0.0661. The van der Waals surface area contributed by atoms with Crippen LogP contribution in [0, 0.1) is 17.0 Å². The Kier molecular flexibility index (Phi) is 5.09. The molecule has 0 fully saturated rings. The van der Waals surface area contributed by atoms with Crippen molar-refractivity contribution in [3.8, 4) is 0 Å². The van der Waals surface area contributed by atoms with E-state index in [2.05, 4.69) is 23.7 Å². The van der Waals surface area contributed by atoms with Gasteiger partial charge < -0.3 is 5.32 Å². The van der Waals surface area contributed by atoms with Crippen molar-refractivity contribution in [1.82, 2.24) is 5.32 Å². The molecule has 0 saturated heterocycles. The minimum Gasteiger partial charge on any atom is -0.303 e. The third kappa shape index (κ3) is 3.68. The van der Waals surface area contributed by atoms with Gasteiger partial charge in [0.2, 0.25) is 0 Å². The largest absolute Gasteiger partial charge is 0.303 e. The number of thiophene rings is 1. The molecule has 1 N–H and O–H groups in total. The molecule has 5 heteroatoms. The van der Waals surface area contributed by atoms with Crippen molar-refractivity contribution in [2.24, 2.45) is 0 Å². The van der Waals surface area contributed by atoms with Gasteiger partial charge in [0, 0.05) is 28.6 Å².